The molecule has 3 nitrogen and oxygen atoms in total. The van der Waals surface area contributed by atoms with E-state index in [1.807, 2.05) is 12.1 Å². The molecule has 0 N–H and O–H groups in total. The van der Waals surface area contributed by atoms with E-state index in [-0.39, 0.29) is 11.9 Å². The second kappa shape index (κ2) is 5.64. The van der Waals surface area contributed by atoms with Crippen LogP contribution in [0.2, 0.25) is 0 Å². The number of benzene rings is 1. The van der Waals surface area contributed by atoms with Gasteiger partial charge in [-0.25, -0.2) is 0 Å². The van der Waals surface area contributed by atoms with Crippen LogP contribution in [0.5, 0.6) is 5.75 Å². The lowest BCUT2D eigenvalue weighted by Crippen LogP contribution is -2.16. The van der Waals surface area contributed by atoms with Crippen molar-refractivity contribution in [2.24, 2.45) is 5.92 Å². The van der Waals surface area contributed by atoms with Gasteiger partial charge in [0.05, 0.1) is 20.1 Å². The Kier molecular flexibility index (Phi) is 4.13. The zero-order valence-electron chi connectivity index (χ0n) is 12.1. The third kappa shape index (κ3) is 2.91. The Balaban J connectivity index is 2.37. The molecule has 2 rings (SSSR count). The maximum absolute atomic E-state index is 12.0. The lowest BCUT2D eigenvalue weighted by atomic mass is 9.90. The quantitative estimate of drug-likeness (QED) is 0.762. The average molecular weight is 262 g/mol. The fourth-order valence-electron chi connectivity index (χ4n) is 2.55. The summed E-state index contributed by atoms with van der Waals surface area (Å²) in [6.07, 6.45) is 2.23. The van der Waals surface area contributed by atoms with E-state index in [1.54, 1.807) is 7.11 Å². The third-order valence-electron chi connectivity index (χ3n) is 3.78. The summed E-state index contributed by atoms with van der Waals surface area (Å²) in [5.74, 6) is 1.46. The van der Waals surface area contributed by atoms with Crippen LogP contribution in [-0.2, 0) is 9.53 Å². The number of carbonyl (C=O) groups excluding carboxylic acids is 1. The highest BCUT2D eigenvalue weighted by Crippen LogP contribution is 2.44. The molecule has 0 radical (unpaired) electrons. The van der Waals surface area contributed by atoms with Crippen molar-refractivity contribution in [3.05, 3.63) is 29.3 Å². The lowest BCUT2D eigenvalue weighted by Gasteiger charge is -2.18. The fourth-order valence-corrected chi connectivity index (χ4v) is 2.55. The summed E-state index contributed by atoms with van der Waals surface area (Å²) in [6.45, 7) is 4.26. The summed E-state index contributed by atoms with van der Waals surface area (Å²) in [5.41, 5.74) is 2.20. The monoisotopic (exact) mass is 262 g/mol. The Morgan fingerprint density at radius 3 is 2.42 bits per heavy atom. The Hall–Kier alpha value is -1.51. The van der Waals surface area contributed by atoms with E-state index in [0.29, 0.717) is 11.8 Å². The van der Waals surface area contributed by atoms with Gasteiger partial charge in [0.2, 0.25) is 0 Å². The molecule has 0 amide bonds. The highest BCUT2D eigenvalue weighted by atomic mass is 16.5. The van der Waals surface area contributed by atoms with E-state index in [0.717, 1.165) is 29.7 Å². The Morgan fingerprint density at radius 2 is 1.95 bits per heavy atom. The fraction of sp³-hybridized carbons (Fsp3) is 0.562. The number of carbonyl (C=O) groups is 1. The van der Waals surface area contributed by atoms with Crippen LogP contribution in [-0.4, -0.2) is 20.2 Å². The van der Waals surface area contributed by atoms with E-state index in [2.05, 4.69) is 19.9 Å². The van der Waals surface area contributed by atoms with Crippen LogP contribution in [0.25, 0.3) is 0 Å². The van der Waals surface area contributed by atoms with Crippen LogP contribution in [0, 0.1) is 5.92 Å². The second-order valence-corrected chi connectivity index (χ2v) is 5.49. The molecule has 0 saturated heterocycles. The van der Waals surface area contributed by atoms with Crippen molar-refractivity contribution >= 4 is 5.97 Å². The van der Waals surface area contributed by atoms with Gasteiger partial charge in [-0.15, -0.1) is 0 Å². The Bertz CT molecular complexity index is 461. The van der Waals surface area contributed by atoms with Gasteiger partial charge in [0.15, 0.2) is 0 Å². The van der Waals surface area contributed by atoms with Crippen LogP contribution in [0.4, 0.5) is 0 Å². The van der Waals surface area contributed by atoms with E-state index in [9.17, 15) is 4.79 Å². The van der Waals surface area contributed by atoms with E-state index in [4.69, 9.17) is 9.47 Å². The average Bonchev–Trinajstić information content (AvgIpc) is 3.23. The van der Waals surface area contributed by atoms with Crippen molar-refractivity contribution in [1.29, 1.82) is 0 Å². The number of hydrogen-bond donors (Lipinski definition) is 0. The lowest BCUT2D eigenvalue weighted by molar-refractivity contribution is -0.143. The van der Waals surface area contributed by atoms with Crippen molar-refractivity contribution in [3.8, 4) is 5.75 Å². The zero-order valence-corrected chi connectivity index (χ0v) is 12.1. The summed E-state index contributed by atoms with van der Waals surface area (Å²) >= 11 is 0. The molecule has 1 saturated carbocycles. The smallest absolute Gasteiger partial charge is 0.313 e. The number of esters is 1. The summed E-state index contributed by atoms with van der Waals surface area (Å²) in [4.78, 5) is 12.0. The van der Waals surface area contributed by atoms with Crippen molar-refractivity contribution in [2.45, 2.75) is 38.5 Å². The van der Waals surface area contributed by atoms with E-state index < -0.39 is 0 Å². The molecule has 1 aliphatic carbocycles. The topological polar surface area (TPSA) is 35.5 Å². The number of hydrogen-bond acceptors (Lipinski definition) is 3. The van der Waals surface area contributed by atoms with E-state index >= 15 is 0 Å². The highest BCUT2D eigenvalue weighted by Gasteiger charge is 2.38. The van der Waals surface area contributed by atoms with Gasteiger partial charge >= 0.3 is 5.97 Å². The Labute approximate surface area is 114 Å². The number of ether oxygens (including phenoxy) is 2. The summed E-state index contributed by atoms with van der Waals surface area (Å²) < 4.78 is 10.3. The second-order valence-electron chi connectivity index (χ2n) is 5.49. The molecule has 1 fully saturated rings. The summed E-state index contributed by atoms with van der Waals surface area (Å²) in [6, 6.07) is 6.05. The van der Waals surface area contributed by atoms with Gasteiger partial charge in [0.25, 0.3) is 0 Å². The summed E-state index contributed by atoms with van der Waals surface area (Å²) in [5, 5.41) is 0. The molecule has 1 aromatic carbocycles. The predicted octanol–water partition coefficient (Wildman–Crippen LogP) is 3.49. The van der Waals surface area contributed by atoms with Gasteiger partial charge in [-0.05, 0) is 41.9 Å². The maximum Gasteiger partial charge on any atom is 0.313 e. The van der Waals surface area contributed by atoms with Crippen LogP contribution < -0.4 is 4.74 Å². The predicted molar refractivity (Wildman–Crippen MR) is 74.6 cm³/mol. The van der Waals surface area contributed by atoms with Gasteiger partial charge < -0.3 is 9.47 Å². The molecule has 0 heterocycles. The molecule has 104 valence electrons. The van der Waals surface area contributed by atoms with Gasteiger partial charge in [0, 0.05) is 0 Å². The first-order chi connectivity index (χ1) is 9.08. The molecule has 0 aromatic heterocycles. The first-order valence-corrected chi connectivity index (χ1v) is 6.84. The minimum Gasteiger partial charge on any atom is -0.496 e. The first kappa shape index (κ1) is 13.9. The molecule has 1 aromatic rings. The zero-order chi connectivity index (χ0) is 14.0. The Morgan fingerprint density at radius 1 is 1.26 bits per heavy atom. The van der Waals surface area contributed by atoms with Crippen LogP contribution in [0.3, 0.4) is 0 Å². The molecule has 1 unspecified atom stereocenters. The van der Waals surface area contributed by atoms with Crippen molar-refractivity contribution in [3.63, 3.8) is 0 Å². The highest BCUT2D eigenvalue weighted by molar-refractivity contribution is 5.79. The van der Waals surface area contributed by atoms with Crippen molar-refractivity contribution < 1.29 is 14.3 Å². The van der Waals surface area contributed by atoms with Crippen LogP contribution in [0.15, 0.2) is 18.2 Å². The van der Waals surface area contributed by atoms with Gasteiger partial charge in [-0.2, -0.15) is 0 Å². The number of methoxy groups -OCH3 is 2. The van der Waals surface area contributed by atoms with Gasteiger partial charge in [0.1, 0.15) is 5.75 Å². The molecule has 19 heavy (non-hydrogen) atoms. The molecule has 0 aliphatic heterocycles. The summed E-state index contributed by atoms with van der Waals surface area (Å²) in [7, 11) is 3.14. The third-order valence-corrected chi connectivity index (χ3v) is 3.78. The minimum atomic E-state index is -0.123. The normalized spacial score (nSPS) is 16.3. The largest absolute Gasteiger partial charge is 0.496 e. The molecule has 1 aliphatic rings. The maximum atomic E-state index is 12.0. The van der Waals surface area contributed by atoms with Crippen LogP contribution in [0.1, 0.15) is 49.7 Å². The molecule has 3 heteroatoms. The SMILES string of the molecule is COC(=O)C(c1ccc(OC)c(C(C)C)c1)C1CC1. The van der Waals surface area contributed by atoms with E-state index in [1.165, 1.54) is 7.11 Å². The molecule has 0 bridgehead atoms. The van der Waals surface area contributed by atoms with Crippen molar-refractivity contribution in [1.82, 2.24) is 0 Å². The molecule has 0 spiro atoms. The van der Waals surface area contributed by atoms with Gasteiger partial charge in [-0.1, -0.05) is 26.0 Å². The van der Waals surface area contributed by atoms with Crippen molar-refractivity contribution in [2.75, 3.05) is 14.2 Å². The first-order valence-electron chi connectivity index (χ1n) is 6.84. The minimum absolute atomic E-state index is 0.117. The molecular formula is C16H22O3. The standard InChI is InChI=1S/C16H22O3/c1-10(2)13-9-12(7-8-14(13)18-3)15(11-5-6-11)16(17)19-4/h7-11,15H,5-6H2,1-4H3. The van der Waals surface area contributed by atoms with Crippen LogP contribution >= 0.6 is 0 Å². The number of rotatable bonds is 5. The molecule has 1 atom stereocenters. The molecular weight excluding hydrogens is 240 g/mol. The van der Waals surface area contributed by atoms with Gasteiger partial charge in [-0.3, -0.25) is 4.79 Å².